The maximum absolute atomic E-state index is 11.4. The lowest BCUT2D eigenvalue weighted by atomic mass is 9.94. The number of hydrogen-bond donors (Lipinski definition) is 1. The highest BCUT2D eigenvalue weighted by atomic mass is 35.5. The monoisotopic (exact) mass is 529 g/mol. The summed E-state index contributed by atoms with van der Waals surface area (Å²) in [5, 5.41) is 12.7. The van der Waals surface area contributed by atoms with Crippen molar-refractivity contribution in [3.8, 4) is 11.6 Å². The standard InChI is InChI=1S/C28H33Cl2N3O3/c1-4-15-36-23-9-10-25(24(30)17-23)33-14-13-32(18-26(33)20-5-7-22(29)8-6-20)19-28(2,34)21-11-12-31-27(16-21)35-3/h5-12,16-17,26,34H,4,13-15,18-19H2,1-3H3/t26-,28+/m0/s1. The maximum Gasteiger partial charge on any atom is 0.213 e. The van der Waals surface area contributed by atoms with Gasteiger partial charge >= 0.3 is 0 Å². The Labute approximate surface area is 223 Å². The summed E-state index contributed by atoms with van der Waals surface area (Å²) in [6, 6.07) is 17.5. The molecule has 1 saturated heterocycles. The lowest BCUT2D eigenvalue weighted by Gasteiger charge is -2.45. The van der Waals surface area contributed by atoms with Crippen LogP contribution < -0.4 is 14.4 Å². The van der Waals surface area contributed by atoms with E-state index in [-0.39, 0.29) is 6.04 Å². The van der Waals surface area contributed by atoms with Gasteiger partial charge in [0.2, 0.25) is 5.88 Å². The number of benzene rings is 2. The van der Waals surface area contributed by atoms with Crippen molar-refractivity contribution >= 4 is 28.9 Å². The molecule has 1 aromatic heterocycles. The average Bonchev–Trinajstić information content (AvgIpc) is 2.88. The van der Waals surface area contributed by atoms with Crippen LogP contribution in [0.4, 0.5) is 5.69 Å². The largest absolute Gasteiger partial charge is 0.494 e. The first kappa shape index (κ1) is 26.6. The van der Waals surface area contributed by atoms with Gasteiger partial charge < -0.3 is 19.5 Å². The number of aromatic nitrogens is 1. The van der Waals surface area contributed by atoms with E-state index in [9.17, 15) is 5.11 Å². The summed E-state index contributed by atoms with van der Waals surface area (Å²) in [6.45, 7) is 7.27. The van der Waals surface area contributed by atoms with Crippen LogP contribution in [0.3, 0.4) is 0 Å². The van der Waals surface area contributed by atoms with Crippen molar-refractivity contribution in [3.05, 3.63) is 82.0 Å². The molecule has 2 heterocycles. The van der Waals surface area contributed by atoms with E-state index in [2.05, 4.69) is 33.8 Å². The first-order chi connectivity index (χ1) is 17.3. The fourth-order valence-corrected chi connectivity index (χ4v) is 5.06. The zero-order chi connectivity index (χ0) is 25.7. The zero-order valence-corrected chi connectivity index (χ0v) is 22.5. The molecule has 2 atom stereocenters. The minimum absolute atomic E-state index is 0.0266. The number of aliphatic hydroxyl groups is 1. The summed E-state index contributed by atoms with van der Waals surface area (Å²) >= 11 is 12.9. The van der Waals surface area contributed by atoms with Crippen LogP contribution in [0.5, 0.6) is 11.6 Å². The molecule has 0 amide bonds. The summed E-state index contributed by atoms with van der Waals surface area (Å²) in [5.41, 5.74) is 1.80. The van der Waals surface area contributed by atoms with E-state index >= 15 is 0 Å². The Balaban J connectivity index is 1.59. The van der Waals surface area contributed by atoms with Gasteiger partial charge in [0.05, 0.1) is 36.1 Å². The Hall–Kier alpha value is -2.51. The molecule has 1 fully saturated rings. The van der Waals surface area contributed by atoms with Crippen LogP contribution in [0, 0.1) is 0 Å². The van der Waals surface area contributed by atoms with Crippen molar-refractivity contribution < 1.29 is 14.6 Å². The van der Waals surface area contributed by atoms with Crippen LogP contribution >= 0.6 is 23.2 Å². The van der Waals surface area contributed by atoms with E-state index in [1.807, 2.05) is 43.3 Å². The molecule has 3 aromatic rings. The number of β-amino-alcohol motifs (C(OH)–C–C–N with tert-alkyl or cyclic N) is 1. The van der Waals surface area contributed by atoms with Crippen LogP contribution in [-0.2, 0) is 5.60 Å². The van der Waals surface area contributed by atoms with E-state index in [4.69, 9.17) is 32.7 Å². The van der Waals surface area contributed by atoms with Gasteiger partial charge in [-0.15, -0.1) is 0 Å². The summed E-state index contributed by atoms with van der Waals surface area (Å²) in [5.74, 6) is 1.26. The second-order valence-corrected chi connectivity index (χ2v) is 10.2. The number of ether oxygens (including phenoxy) is 2. The maximum atomic E-state index is 11.4. The second kappa shape index (κ2) is 11.7. The molecule has 0 radical (unpaired) electrons. The van der Waals surface area contributed by atoms with Gasteiger partial charge in [-0.3, -0.25) is 4.90 Å². The SMILES string of the molecule is CCCOc1ccc(N2CCN(C[C@@](C)(O)c3ccnc(OC)c3)C[C@H]2c2ccc(Cl)cc2)c(Cl)c1. The minimum atomic E-state index is -1.07. The first-order valence-corrected chi connectivity index (χ1v) is 13.0. The molecular weight excluding hydrogens is 497 g/mol. The summed E-state index contributed by atoms with van der Waals surface area (Å²) in [6.07, 6.45) is 2.60. The number of rotatable bonds is 9. The van der Waals surface area contributed by atoms with Crippen LogP contribution in [-0.4, -0.2) is 54.9 Å². The van der Waals surface area contributed by atoms with Crippen LogP contribution in [0.2, 0.25) is 10.0 Å². The Morgan fingerprint density at radius 1 is 1.08 bits per heavy atom. The number of methoxy groups -OCH3 is 1. The Bertz CT molecular complexity index is 1160. The number of piperazine rings is 1. The van der Waals surface area contributed by atoms with Crippen LogP contribution in [0.25, 0.3) is 0 Å². The van der Waals surface area contributed by atoms with E-state index in [0.717, 1.165) is 42.1 Å². The van der Waals surface area contributed by atoms with Crippen LogP contribution in [0.15, 0.2) is 60.8 Å². The molecule has 2 aromatic carbocycles. The van der Waals surface area contributed by atoms with Gasteiger partial charge in [-0.05, 0) is 54.8 Å². The quantitative estimate of drug-likeness (QED) is 0.369. The molecule has 1 N–H and O–H groups in total. The zero-order valence-electron chi connectivity index (χ0n) is 21.0. The van der Waals surface area contributed by atoms with Gasteiger partial charge in [0.25, 0.3) is 0 Å². The molecule has 0 aliphatic carbocycles. The highest BCUT2D eigenvalue weighted by Gasteiger charge is 2.34. The van der Waals surface area contributed by atoms with Gasteiger partial charge in [0.15, 0.2) is 0 Å². The molecule has 0 saturated carbocycles. The third-order valence-corrected chi connectivity index (χ3v) is 7.07. The Morgan fingerprint density at radius 3 is 2.56 bits per heavy atom. The highest BCUT2D eigenvalue weighted by Crippen LogP contribution is 2.38. The molecule has 1 aliphatic rings. The molecule has 4 rings (SSSR count). The minimum Gasteiger partial charge on any atom is -0.494 e. The fraction of sp³-hybridized carbons (Fsp3) is 0.393. The van der Waals surface area contributed by atoms with Crippen molar-refractivity contribution in [2.75, 3.05) is 44.8 Å². The highest BCUT2D eigenvalue weighted by molar-refractivity contribution is 6.33. The lowest BCUT2D eigenvalue weighted by Crippen LogP contribution is -2.52. The van der Waals surface area contributed by atoms with Crippen molar-refractivity contribution in [2.45, 2.75) is 31.9 Å². The van der Waals surface area contributed by atoms with Gasteiger partial charge in [-0.25, -0.2) is 4.98 Å². The molecular formula is C28H33Cl2N3O3. The van der Waals surface area contributed by atoms with E-state index in [0.29, 0.717) is 35.6 Å². The Kier molecular flexibility index (Phi) is 8.62. The predicted octanol–water partition coefficient (Wildman–Crippen LogP) is 5.96. The summed E-state index contributed by atoms with van der Waals surface area (Å²) < 4.78 is 11.0. The number of hydrogen-bond acceptors (Lipinski definition) is 6. The number of halogens is 2. The average molecular weight is 530 g/mol. The van der Waals surface area contributed by atoms with Gasteiger partial charge in [0.1, 0.15) is 5.75 Å². The van der Waals surface area contributed by atoms with Crippen molar-refractivity contribution in [3.63, 3.8) is 0 Å². The number of nitrogens with zero attached hydrogens (tertiary/aromatic N) is 3. The smallest absolute Gasteiger partial charge is 0.213 e. The van der Waals surface area contributed by atoms with E-state index in [1.54, 1.807) is 19.4 Å². The topological polar surface area (TPSA) is 58.1 Å². The summed E-state index contributed by atoms with van der Waals surface area (Å²) in [4.78, 5) is 8.78. The molecule has 0 bridgehead atoms. The predicted molar refractivity (Wildman–Crippen MR) is 146 cm³/mol. The van der Waals surface area contributed by atoms with Crippen molar-refractivity contribution in [2.24, 2.45) is 0 Å². The fourth-order valence-electron chi connectivity index (χ4n) is 4.65. The van der Waals surface area contributed by atoms with Crippen molar-refractivity contribution in [1.82, 2.24) is 9.88 Å². The Morgan fingerprint density at radius 2 is 1.86 bits per heavy atom. The molecule has 36 heavy (non-hydrogen) atoms. The van der Waals surface area contributed by atoms with Crippen molar-refractivity contribution in [1.29, 1.82) is 0 Å². The second-order valence-electron chi connectivity index (χ2n) is 9.32. The van der Waals surface area contributed by atoms with Gasteiger partial charge in [-0.1, -0.05) is 42.3 Å². The van der Waals surface area contributed by atoms with E-state index < -0.39 is 5.60 Å². The van der Waals surface area contributed by atoms with Crippen LogP contribution in [0.1, 0.15) is 37.4 Å². The normalized spacial score (nSPS) is 18.1. The van der Waals surface area contributed by atoms with Gasteiger partial charge in [0, 0.05) is 49.5 Å². The number of anilines is 1. The third-order valence-electron chi connectivity index (χ3n) is 6.52. The molecule has 6 nitrogen and oxygen atoms in total. The summed E-state index contributed by atoms with van der Waals surface area (Å²) in [7, 11) is 1.57. The molecule has 1 aliphatic heterocycles. The number of pyridine rings is 1. The van der Waals surface area contributed by atoms with Gasteiger partial charge in [-0.2, -0.15) is 0 Å². The lowest BCUT2D eigenvalue weighted by molar-refractivity contribution is 0.0100. The van der Waals surface area contributed by atoms with E-state index in [1.165, 1.54) is 0 Å². The molecule has 0 unspecified atom stereocenters. The first-order valence-electron chi connectivity index (χ1n) is 12.2. The molecule has 192 valence electrons. The molecule has 8 heteroatoms. The molecule has 0 spiro atoms. The third kappa shape index (κ3) is 6.24.